The lowest BCUT2D eigenvalue weighted by molar-refractivity contribution is 0.174. The van der Waals surface area contributed by atoms with Crippen LogP contribution in [0.4, 0.5) is 5.69 Å². The van der Waals surface area contributed by atoms with Crippen molar-refractivity contribution in [2.24, 2.45) is 0 Å². The Morgan fingerprint density at radius 1 is 1.19 bits per heavy atom. The molecule has 3 aromatic rings. The van der Waals surface area contributed by atoms with Crippen LogP contribution in [0.3, 0.4) is 0 Å². The van der Waals surface area contributed by atoms with Crippen LogP contribution in [0.5, 0.6) is 11.5 Å². The van der Waals surface area contributed by atoms with E-state index in [-0.39, 0.29) is 6.79 Å². The molecule has 0 saturated carbocycles. The van der Waals surface area contributed by atoms with Crippen LogP contribution < -0.4 is 14.8 Å². The van der Waals surface area contributed by atoms with Crippen molar-refractivity contribution < 1.29 is 9.47 Å². The average Bonchev–Trinajstić information content (AvgIpc) is 3.32. The molecule has 5 nitrogen and oxygen atoms in total. The Morgan fingerprint density at radius 2 is 2.00 bits per heavy atom. The first-order valence-electron chi connectivity index (χ1n) is 8.02. The highest BCUT2D eigenvalue weighted by Gasteiger charge is 2.15. The fourth-order valence-electron chi connectivity index (χ4n) is 2.53. The standard InChI is InChI=1S/C20H15N3O2S/c1-13-2-5-16(6-3-13)22-10-15(9-21)20-23-17(11-26-20)14-4-7-18-19(8-14)25-12-24-18/h2-8,10-11,22H,12H2,1H3. The van der Waals surface area contributed by atoms with Crippen LogP contribution >= 0.6 is 11.3 Å². The van der Waals surface area contributed by atoms with Gasteiger partial charge in [-0.2, -0.15) is 5.26 Å². The Labute approximate surface area is 155 Å². The van der Waals surface area contributed by atoms with Crippen LogP contribution in [-0.4, -0.2) is 11.8 Å². The van der Waals surface area contributed by atoms with Gasteiger partial charge < -0.3 is 14.8 Å². The molecule has 0 bridgehead atoms. The Hall–Kier alpha value is -3.30. The highest BCUT2D eigenvalue weighted by Crippen LogP contribution is 2.36. The van der Waals surface area contributed by atoms with Gasteiger partial charge in [0.1, 0.15) is 16.6 Å². The van der Waals surface area contributed by atoms with Gasteiger partial charge in [-0.3, -0.25) is 0 Å². The maximum absolute atomic E-state index is 9.48. The zero-order valence-corrected chi connectivity index (χ0v) is 14.8. The maximum atomic E-state index is 9.48. The van der Waals surface area contributed by atoms with E-state index < -0.39 is 0 Å². The van der Waals surface area contributed by atoms with E-state index in [4.69, 9.17) is 9.47 Å². The molecule has 1 N–H and O–H groups in total. The van der Waals surface area contributed by atoms with Crippen LogP contribution in [0.15, 0.2) is 54.0 Å². The Balaban J connectivity index is 1.56. The molecule has 0 radical (unpaired) electrons. The molecular formula is C20H15N3O2S. The summed E-state index contributed by atoms with van der Waals surface area (Å²) in [6, 6.07) is 15.9. The number of allylic oxidation sites excluding steroid dienone is 1. The molecular weight excluding hydrogens is 346 g/mol. The maximum Gasteiger partial charge on any atom is 0.231 e. The first-order chi connectivity index (χ1) is 12.7. The van der Waals surface area contributed by atoms with Gasteiger partial charge in [-0.1, -0.05) is 17.7 Å². The summed E-state index contributed by atoms with van der Waals surface area (Å²) >= 11 is 1.43. The van der Waals surface area contributed by atoms with Gasteiger partial charge in [0, 0.05) is 22.8 Å². The van der Waals surface area contributed by atoms with E-state index in [0.29, 0.717) is 16.3 Å². The highest BCUT2D eigenvalue weighted by atomic mass is 32.1. The molecule has 2 aromatic carbocycles. The number of nitriles is 1. The van der Waals surface area contributed by atoms with Crippen LogP contribution in [0, 0.1) is 18.3 Å². The van der Waals surface area contributed by atoms with E-state index in [0.717, 1.165) is 22.7 Å². The van der Waals surface area contributed by atoms with Gasteiger partial charge in [0.05, 0.1) is 5.69 Å². The molecule has 4 rings (SSSR count). The fraction of sp³-hybridized carbons (Fsp3) is 0.100. The summed E-state index contributed by atoms with van der Waals surface area (Å²) < 4.78 is 10.7. The monoisotopic (exact) mass is 361 g/mol. The van der Waals surface area contributed by atoms with Crippen molar-refractivity contribution >= 4 is 22.6 Å². The first kappa shape index (κ1) is 16.2. The molecule has 0 saturated heterocycles. The summed E-state index contributed by atoms with van der Waals surface area (Å²) in [5.41, 5.74) is 4.34. The molecule has 26 heavy (non-hydrogen) atoms. The SMILES string of the molecule is Cc1ccc(NC=C(C#N)c2nc(-c3ccc4c(c3)OCO4)cs2)cc1. The smallest absolute Gasteiger partial charge is 0.231 e. The van der Waals surface area contributed by atoms with Crippen molar-refractivity contribution in [3.8, 4) is 28.8 Å². The topological polar surface area (TPSA) is 67.2 Å². The lowest BCUT2D eigenvalue weighted by Gasteiger charge is -2.02. The molecule has 0 amide bonds. The molecule has 0 spiro atoms. The summed E-state index contributed by atoms with van der Waals surface area (Å²) in [5.74, 6) is 1.46. The quantitative estimate of drug-likeness (QED) is 0.675. The molecule has 0 atom stereocenters. The number of rotatable bonds is 4. The third-order valence-electron chi connectivity index (χ3n) is 3.96. The predicted octanol–water partition coefficient (Wildman–Crippen LogP) is 4.82. The molecule has 6 heteroatoms. The number of hydrogen-bond acceptors (Lipinski definition) is 6. The van der Waals surface area contributed by atoms with Crippen molar-refractivity contribution in [3.05, 3.63) is 64.6 Å². The number of aryl methyl sites for hydroxylation is 1. The van der Waals surface area contributed by atoms with Crippen molar-refractivity contribution in [2.45, 2.75) is 6.92 Å². The number of nitrogens with zero attached hydrogens (tertiary/aromatic N) is 2. The van der Waals surface area contributed by atoms with Gasteiger partial charge >= 0.3 is 0 Å². The van der Waals surface area contributed by atoms with Gasteiger partial charge in [0.15, 0.2) is 11.5 Å². The molecule has 128 valence electrons. The van der Waals surface area contributed by atoms with E-state index in [1.54, 1.807) is 6.20 Å². The number of aromatic nitrogens is 1. The van der Waals surface area contributed by atoms with Gasteiger partial charge in [-0.25, -0.2) is 4.98 Å². The average molecular weight is 361 g/mol. The van der Waals surface area contributed by atoms with Crippen LogP contribution in [-0.2, 0) is 0 Å². The lowest BCUT2D eigenvalue weighted by atomic mass is 10.1. The number of thiazole rings is 1. The Morgan fingerprint density at radius 3 is 2.81 bits per heavy atom. The summed E-state index contributed by atoms with van der Waals surface area (Å²) in [6.45, 7) is 2.28. The normalized spacial score (nSPS) is 12.7. The second kappa shape index (κ2) is 6.90. The van der Waals surface area contributed by atoms with Crippen molar-refractivity contribution in [2.75, 3.05) is 12.1 Å². The van der Waals surface area contributed by atoms with Gasteiger partial charge in [-0.15, -0.1) is 11.3 Å². The molecule has 0 unspecified atom stereocenters. The Bertz CT molecular complexity index is 1020. The number of nitrogens with one attached hydrogen (secondary N) is 1. The van der Waals surface area contributed by atoms with Crippen LogP contribution in [0.2, 0.25) is 0 Å². The van der Waals surface area contributed by atoms with Crippen LogP contribution in [0.25, 0.3) is 16.8 Å². The zero-order chi connectivity index (χ0) is 17.9. The molecule has 2 heterocycles. The predicted molar refractivity (Wildman–Crippen MR) is 102 cm³/mol. The minimum absolute atomic E-state index is 0.243. The molecule has 1 aliphatic rings. The summed E-state index contributed by atoms with van der Waals surface area (Å²) in [5, 5.41) is 15.2. The number of ether oxygens (including phenoxy) is 2. The van der Waals surface area contributed by atoms with Crippen molar-refractivity contribution in [1.29, 1.82) is 5.26 Å². The second-order valence-electron chi connectivity index (χ2n) is 5.79. The second-order valence-corrected chi connectivity index (χ2v) is 6.64. The van der Waals surface area contributed by atoms with Gasteiger partial charge in [-0.05, 0) is 37.3 Å². The van der Waals surface area contributed by atoms with Gasteiger partial charge in [0.25, 0.3) is 0 Å². The summed E-state index contributed by atoms with van der Waals surface area (Å²) in [4.78, 5) is 4.59. The largest absolute Gasteiger partial charge is 0.454 e. The van der Waals surface area contributed by atoms with E-state index in [1.807, 2.05) is 54.8 Å². The third kappa shape index (κ3) is 3.25. The highest BCUT2D eigenvalue weighted by molar-refractivity contribution is 7.11. The third-order valence-corrected chi connectivity index (χ3v) is 4.83. The minimum Gasteiger partial charge on any atom is -0.454 e. The molecule has 1 aliphatic heterocycles. The van der Waals surface area contributed by atoms with Crippen molar-refractivity contribution in [3.63, 3.8) is 0 Å². The van der Waals surface area contributed by atoms with E-state index in [9.17, 15) is 5.26 Å². The van der Waals surface area contributed by atoms with E-state index in [2.05, 4.69) is 16.4 Å². The number of fused-ring (bicyclic) bond motifs is 1. The molecule has 0 aliphatic carbocycles. The summed E-state index contributed by atoms with van der Waals surface area (Å²) in [7, 11) is 0. The summed E-state index contributed by atoms with van der Waals surface area (Å²) in [6.07, 6.45) is 1.69. The fourth-order valence-corrected chi connectivity index (χ4v) is 3.33. The minimum atomic E-state index is 0.243. The first-order valence-corrected chi connectivity index (χ1v) is 8.90. The lowest BCUT2D eigenvalue weighted by Crippen LogP contribution is -1.92. The van der Waals surface area contributed by atoms with Gasteiger partial charge in [0.2, 0.25) is 6.79 Å². The van der Waals surface area contributed by atoms with Crippen molar-refractivity contribution in [1.82, 2.24) is 4.98 Å². The van der Waals surface area contributed by atoms with E-state index in [1.165, 1.54) is 16.9 Å². The van der Waals surface area contributed by atoms with E-state index >= 15 is 0 Å². The number of hydrogen-bond donors (Lipinski definition) is 1. The molecule has 1 aromatic heterocycles. The molecule has 0 fully saturated rings. The zero-order valence-electron chi connectivity index (χ0n) is 14.0. The number of anilines is 1. The number of benzene rings is 2. The Kier molecular flexibility index (Phi) is 4.30. The van der Waals surface area contributed by atoms with Crippen LogP contribution in [0.1, 0.15) is 10.6 Å².